The number of carbonyl (C=O) groups is 2. The number of carboxylic acids is 1. The second-order valence-electron chi connectivity index (χ2n) is 5.24. The van der Waals surface area contributed by atoms with Crippen molar-refractivity contribution in [2.75, 3.05) is 13.1 Å². The van der Waals surface area contributed by atoms with Gasteiger partial charge in [0.2, 0.25) is 0 Å². The standard InChI is InChI=1S/C15H19NO4/c17-13-5-1-4-12(9-13)15(20)16-8-2-3-11(10-16)6-7-14(18)19/h1,4-5,9,11,17H,2-3,6-8,10H2,(H,18,19). The van der Waals surface area contributed by atoms with E-state index in [1.54, 1.807) is 17.0 Å². The number of aromatic hydroxyl groups is 1. The molecule has 1 heterocycles. The molecule has 1 aliphatic heterocycles. The fourth-order valence-corrected chi connectivity index (χ4v) is 2.63. The average Bonchev–Trinajstić information content (AvgIpc) is 2.44. The van der Waals surface area contributed by atoms with Gasteiger partial charge in [-0.25, -0.2) is 0 Å². The van der Waals surface area contributed by atoms with E-state index in [2.05, 4.69) is 0 Å². The Morgan fingerprint density at radius 3 is 2.85 bits per heavy atom. The number of carboxylic acid groups (broad SMARTS) is 1. The number of carbonyl (C=O) groups excluding carboxylic acids is 1. The normalized spacial score (nSPS) is 18.8. The number of phenolic OH excluding ortho intramolecular Hbond substituents is 1. The number of nitrogens with zero attached hydrogens (tertiary/aromatic N) is 1. The second kappa shape index (κ2) is 6.41. The third kappa shape index (κ3) is 3.73. The Morgan fingerprint density at radius 1 is 1.35 bits per heavy atom. The summed E-state index contributed by atoms with van der Waals surface area (Å²) < 4.78 is 0. The van der Waals surface area contributed by atoms with E-state index < -0.39 is 5.97 Å². The van der Waals surface area contributed by atoms with E-state index in [9.17, 15) is 14.7 Å². The van der Waals surface area contributed by atoms with Crippen LogP contribution in [0.4, 0.5) is 0 Å². The molecule has 1 aliphatic rings. The highest BCUT2D eigenvalue weighted by Gasteiger charge is 2.24. The Morgan fingerprint density at radius 2 is 2.15 bits per heavy atom. The Kier molecular flexibility index (Phi) is 4.61. The molecule has 1 fully saturated rings. The van der Waals surface area contributed by atoms with Gasteiger partial charge in [-0.2, -0.15) is 0 Å². The molecule has 1 unspecified atom stereocenters. The first kappa shape index (κ1) is 14.4. The van der Waals surface area contributed by atoms with Crippen LogP contribution in [-0.4, -0.2) is 40.1 Å². The summed E-state index contributed by atoms with van der Waals surface area (Å²) in [6.45, 7) is 1.29. The quantitative estimate of drug-likeness (QED) is 0.883. The molecular weight excluding hydrogens is 258 g/mol. The van der Waals surface area contributed by atoms with E-state index in [4.69, 9.17) is 5.11 Å². The van der Waals surface area contributed by atoms with Crippen molar-refractivity contribution in [1.29, 1.82) is 0 Å². The molecule has 2 rings (SSSR count). The number of hydrogen-bond acceptors (Lipinski definition) is 3. The molecule has 1 amide bonds. The first-order chi connectivity index (χ1) is 9.56. The summed E-state index contributed by atoms with van der Waals surface area (Å²) in [6, 6.07) is 6.32. The first-order valence-corrected chi connectivity index (χ1v) is 6.86. The van der Waals surface area contributed by atoms with Crippen molar-refractivity contribution in [3.63, 3.8) is 0 Å². The molecule has 5 heteroatoms. The van der Waals surface area contributed by atoms with Gasteiger partial charge >= 0.3 is 5.97 Å². The van der Waals surface area contributed by atoms with Gasteiger partial charge in [0.15, 0.2) is 0 Å². The van der Waals surface area contributed by atoms with E-state index >= 15 is 0 Å². The Bertz CT molecular complexity index is 500. The van der Waals surface area contributed by atoms with E-state index in [1.807, 2.05) is 0 Å². The SMILES string of the molecule is O=C(O)CCC1CCCN(C(=O)c2cccc(O)c2)C1. The summed E-state index contributed by atoms with van der Waals surface area (Å²) >= 11 is 0. The zero-order chi connectivity index (χ0) is 14.5. The Balaban J connectivity index is 1.98. The molecule has 1 atom stereocenters. The van der Waals surface area contributed by atoms with Crippen molar-refractivity contribution in [3.05, 3.63) is 29.8 Å². The highest BCUT2D eigenvalue weighted by atomic mass is 16.4. The molecule has 2 N–H and O–H groups in total. The minimum Gasteiger partial charge on any atom is -0.508 e. The summed E-state index contributed by atoms with van der Waals surface area (Å²) in [6.07, 6.45) is 2.63. The summed E-state index contributed by atoms with van der Waals surface area (Å²) in [5, 5.41) is 18.1. The predicted octanol–water partition coefficient (Wildman–Crippen LogP) is 2.11. The number of rotatable bonds is 4. The minimum absolute atomic E-state index is 0.0790. The van der Waals surface area contributed by atoms with Crippen LogP contribution >= 0.6 is 0 Å². The van der Waals surface area contributed by atoms with Crippen LogP contribution in [0, 0.1) is 5.92 Å². The van der Waals surface area contributed by atoms with Crippen LogP contribution < -0.4 is 0 Å². The lowest BCUT2D eigenvalue weighted by molar-refractivity contribution is -0.137. The summed E-state index contributed by atoms with van der Waals surface area (Å²) in [5.74, 6) is -0.557. The van der Waals surface area contributed by atoms with Gasteiger partial charge in [-0.1, -0.05) is 6.07 Å². The number of likely N-dealkylation sites (tertiary alicyclic amines) is 1. The topological polar surface area (TPSA) is 77.8 Å². The molecular formula is C15H19NO4. The van der Waals surface area contributed by atoms with Gasteiger partial charge in [-0.3, -0.25) is 9.59 Å². The Labute approximate surface area is 117 Å². The number of benzene rings is 1. The molecule has 1 aromatic carbocycles. The lowest BCUT2D eigenvalue weighted by Crippen LogP contribution is -2.40. The van der Waals surface area contributed by atoms with Crippen LogP contribution in [0.1, 0.15) is 36.0 Å². The van der Waals surface area contributed by atoms with E-state index in [1.165, 1.54) is 12.1 Å². The summed E-state index contributed by atoms with van der Waals surface area (Å²) in [4.78, 5) is 24.7. The average molecular weight is 277 g/mol. The van der Waals surface area contributed by atoms with Gasteiger partial charge in [0.1, 0.15) is 5.75 Å². The lowest BCUT2D eigenvalue weighted by Gasteiger charge is -2.32. The molecule has 0 saturated carbocycles. The minimum atomic E-state index is -0.790. The van der Waals surface area contributed by atoms with Gasteiger partial charge in [0, 0.05) is 25.1 Å². The monoisotopic (exact) mass is 277 g/mol. The van der Waals surface area contributed by atoms with E-state index in [0.717, 1.165) is 12.8 Å². The van der Waals surface area contributed by atoms with Crippen molar-refractivity contribution < 1.29 is 19.8 Å². The largest absolute Gasteiger partial charge is 0.508 e. The number of piperidine rings is 1. The highest BCUT2D eigenvalue weighted by Crippen LogP contribution is 2.23. The Hall–Kier alpha value is -2.04. The maximum atomic E-state index is 12.3. The molecule has 5 nitrogen and oxygen atoms in total. The van der Waals surface area contributed by atoms with Crippen molar-refractivity contribution in [1.82, 2.24) is 4.90 Å². The highest BCUT2D eigenvalue weighted by molar-refractivity contribution is 5.94. The molecule has 1 saturated heterocycles. The number of hydrogen-bond donors (Lipinski definition) is 2. The van der Waals surface area contributed by atoms with Crippen LogP contribution in [0.3, 0.4) is 0 Å². The van der Waals surface area contributed by atoms with Gasteiger partial charge < -0.3 is 15.1 Å². The third-order valence-electron chi connectivity index (χ3n) is 3.67. The number of amides is 1. The molecule has 0 aromatic heterocycles. The summed E-state index contributed by atoms with van der Waals surface area (Å²) in [5.41, 5.74) is 0.476. The van der Waals surface area contributed by atoms with Crippen LogP contribution in [0.25, 0.3) is 0 Å². The smallest absolute Gasteiger partial charge is 0.303 e. The molecule has 20 heavy (non-hydrogen) atoms. The molecule has 0 spiro atoms. The van der Waals surface area contributed by atoms with Crippen LogP contribution in [-0.2, 0) is 4.79 Å². The molecule has 1 aromatic rings. The first-order valence-electron chi connectivity index (χ1n) is 6.86. The van der Waals surface area contributed by atoms with Crippen LogP contribution in [0.15, 0.2) is 24.3 Å². The van der Waals surface area contributed by atoms with Crippen LogP contribution in [0.2, 0.25) is 0 Å². The second-order valence-corrected chi connectivity index (χ2v) is 5.24. The summed E-state index contributed by atoms with van der Waals surface area (Å²) in [7, 11) is 0. The van der Waals surface area contributed by atoms with Crippen LogP contribution in [0.5, 0.6) is 5.75 Å². The van der Waals surface area contributed by atoms with E-state index in [-0.39, 0.29) is 24.0 Å². The van der Waals surface area contributed by atoms with Crippen molar-refractivity contribution in [3.8, 4) is 5.75 Å². The van der Waals surface area contributed by atoms with Gasteiger partial charge in [-0.05, 0) is 43.4 Å². The third-order valence-corrected chi connectivity index (χ3v) is 3.67. The molecule has 0 aliphatic carbocycles. The lowest BCUT2D eigenvalue weighted by atomic mass is 9.93. The predicted molar refractivity (Wildman–Crippen MR) is 73.6 cm³/mol. The molecule has 0 bridgehead atoms. The number of phenols is 1. The van der Waals surface area contributed by atoms with E-state index in [0.29, 0.717) is 25.1 Å². The van der Waals surface area contributed by atoms with Gasteiger partial charge in [-0.15, -0.1) is 0 Å². The molecule has 108 valence electrons. The maximum absolute atomic E-state index is 12.3. The van der Waals surface area contributed by atoms with Crippen molar-refractivity contribution >= 4 is 11.9 Å². The maximum Gasteiger partial charge on any atom is 0.303 e. The van der Waals surface area contributed by atoms with Crippen molar-refractivity contribution in [2.45, 2.75) is 25.7 Å². The zero-order valence-corrected chi connectivity index (χ0v) is 11.3. The zero-order valence-electron chi connectivity index (χ0n) is 11.3. The fourth-order valence-electron chi connectivity index (χ4n) is 2.63. The van der Waals surface area contributed by atoms with Crippen molar-refractivity contribution in [2.24, 2.45) is 5.92 Å². The molecule has 0 radical (unpaired) electrons. The number of aliphatic carboxylic acids is 1. The van der Waals surface area contributed by atoms with Gasteiger partial charge in [0.25, 0.3) is 5.91 Å². The van der Waals surface area contributed by atoms with Gasteiger partial charge in [0.05, 0.1) is 0 Å². The fraction of sp³-hybridized carbons (Fsp3) is 0.467.